The molecule has 0 saturated carbocycles. The van der Waals surface area contributed by atoms with Gasteiger partial charge in [0.15, 0.2) is 0 Å². The van der Waals surface area contributed by atoms with Gasteiger partial charge in [0.25, 0.3) is 5.56 Å². The molecule has 2 heterocycles. The molecule has 0 amide bonds. The molecule has 2 aromatic rings. The van der Waals surface area contributed by atoms with Gasteiger partial charge in [-0.3, -0.25) is 9.89 Å². The van der Waals surface area contributed by atoms with Crippen molar-refractivity contribution in [1.82, 2.24) is 20.4 Å². The summed E-state index contributed by atoms with van der Waals surface area (Å²) in [7, 11) is 0. The lowest BCUT2D eigenvalue weighted by Gasteiger charge is -1.81. The van der Waals surface area contributed by atoms with Crippen molar-refractivity contribution >= 4 is 11.0 Å². The third-order valence-electron chi connectivity index (χ3n) is 1.21. The quantitative estimate of drug-likeness (QED) is 0.519. The molecule has 5 nitrogen and oxygen atoms in total. The van der Waals surface area contributed by atoms with E-state index in [4.69, 9.17) is 0 Å². The highest BCUT2D eigenvalue weighted by Gasteiger charge is 1.94. The molecule has 0 bridgehead atoms. The Morgan fingerprint density at radius 2 is 2.30 bits per heavy atom. The fourth-order valence-corrected chi connectivity index (χ4v) is 0.764. The third kappa shape index (κ3) is 0.604. The largest absolute Gasteiger partial charge is 0.276 e. The maximum atomic E-state index is 10.6. The van der Waals surface area contributed by atoms with E-state index >= 15 is 0 Å². The molecule has 0 aliphatic rings. The zero-order valence-electron chi connectivity index (χ0n) is 4.96. The van der Waals surface area contributed by atoms with Gasteiger partial charge in [-0.05, 0) is 0 Å². The Hall–Kier alpha value is -1.65. The van der Waals surface area contributed by atoms with E-state index in [1.54, 1.807) is 6.20 Å². The van der Waals surface area contributed by atoms with Gasteiger partial charge in [0.2, 0.25) is 0 Å². The van der Waals surface area contributed by atoms with Crippen molar-refractivity contribution in [2.75, 3.05) is 0 Å². The Bertz CT molecular complexity index is 401. The summed E-state index contributed by atoms with van der Waals surface area (Å²) in [6, 6.07) is 1.41. The van der Waals surface area contributed by atoms with E-state index in [1.165, 1.54) is 6.07 Å². The first-order valence-corrected chi connectivity index (χ1v) is 2.75. The summed E-state index contributed by atoms with van der Waals surface area (Å²) in [5.74, 6) is 0. The molecule has 0 saturated heterocycles. The predicted molar refractivity (Wildman–Crippen MR) is 34.5 cm³/mol. The number of hydrogen-bond acceptors (Lipinski definition) is 3. The van der Waals surface area contributed by atoms with Crippen LogP contribution in [-0.2, 0) is 0 Å². The first kappa shape index (κ1) is 5.16. The van der Waals surface area contributed by atoms with Crippen molar-refractivity contribution in [3.05, 3.63) is 22.6 Å². The molecule has 2 N–H and O–H groups in total. The van der Waals surface area contributed by atoms with Crippen molar-refractivity contribution in [1.29, 1.82) is 0 Å². The molecule has 0 aliphatic carbocycles. The van der Waals surface area contributed by atoms with Gasteiger partial charge in [0.1, 0.15) is 5.52 Å². The summed E-state index contributed by atoms with van der Waals surface area (Å²) >= 11 is 0. The van der Waals surface area contributed by atoms with Crippen LogP contribution in [-0.4, -0.2) is 20.4 Å². The maximum Gasteiger partial charge on any atom is 0.266 e. The SMILES string of the molecule is O=c1cc2[nH]ncc2n[nH]1. The molecule has 0 unspecified atom stereocenters. The molecule has 0 atom stereocenters. The van der Waals surface area contributed by atoms with Crippen LogP contribution >= 0.6 is 0 Å². The van der Waals surface area contributed by atoms with Crippen LogP contribution in [0.15, 0.2) is 17.1 Å². The normalized spacial score (nSPS) is 10.4. The van der Waals surface area contributed by atoms with Gasteiger partial charge >= 0.3 is 0 Å². The van der Waals surface area contributed by atoms with Crippen molar-refractivity contribution in [2.24, 2.45) is 0 Å². The van der Waals surface area contributed by atoms with Crippen LogP contribution in [0.2, 0.25) is 0 Å². The molecular weight excluding hydrogens is 132 g/mol. The van der Waals surface area contributed by atoms with E-state index in [1.807, 2.05) is 0 Å². The molecule has 10 heavy (non-hydrogen) atoms. The minimum absolute atomic E-state index is 0.225. The van der Waals surface area contributed by atoms with Gasteiger partial charge in [0, 0.05) is 6.07 Å². The van der Waals surface area contributed by atoms with Crippen LogP contribution in [0, 0.1) is 0 Å². The van der Waals surface area contributed by atoms with Crippen LogP contribution in [0.1, 0.15) is 0 Å². The summed E-state index contributed by atoms with van der Waals surface area (Å²) in [5.41, 5.74) is 1.10. The average Bonchev–Trinajstić information content (AvgIpc) is 2.33. The number of hydrogen-bond donors (Lipinski definition) is 2. The van der Waals surface area contributed by atoms with Crippen LogP contribution in [0.3, 0.4) is 0 Å². The molecule has 0 fully saturated rings. The number of H-pyrrole nitrogens is 2. The zero-order valence-corrected chi connectivity index (χ0v) is 4.96. The molecule has 2 aromatic heterocycles. The first-order chi connectivity index (χ1) is 4.86. The summed E-state index contributed by atoms with van der Waals surface area (Å²) in [4.78, 5) is 10.6. The number of aromatic amines is 2. The summed E-state index contributed by atoms with van der Waals surface area (Å²) in [5, 5.41) is 12.3. The van der Waals surface area contributed by atoms with Crippen LogP contribution < -0.4 is 5.56 Å². The highest BCUT2D eigenvalue weighted by Crippen LogP contribution is 1.99. The van der Waals surface area contributed by atoms with Gasteiger partial charge in [-0.2, -0.15) is 10.2 Å². The molecule has 2 rings (SSSR count). The van der Waals surface area contributed by atoms with Gasteiger partial charge < -0.3 is 0 Å². The fourth-order valence-electron chi connectivity index (χ4n) is 0.764. The van der Waals surface area contributed by atoms with Crippen LogP contribution in [0.25, 0.3) is 11.0 Å². The van der Waals surface area contributed by atoms with Crippen molar-refractivity contribution in [3.63, 3.8) is 0 Å². The highest BCUT2D eigenvalue weighted by molar-refractivity contribution is 5.71. The number of aromatic nitrogens is 4. The molecular formula is C5H4N4O. The second-order valence-corrected chi connectivity index (χ2v) is 1.90. The van der Waals surface area contributed by atoms with Gasteiger partial charge in [-0.25, -0.2) is 5.10 Å². The number of rotatable bonds is 0. The standard InChI is InChI=1S/C5H4N4O/c10-5-1-3-4(8-9-5)2-6-7-3/h1-2H,(H,6,7)(H,9,10). The van der Waals surface area contributed by atoms with Crippen molar-refractivity contribution < 1.29 is 0 Å². The Labute approximate surface area is 55.1 Å². The second-order valence-electron chi connectivity index (χ2n) is 1.90. The Morgan fingerprint density at radius 3 is 3.20 bits per heavy atom. The predicted octanol–water partition coefficient (Wildman–Crippen LogP) is -0.354. The summed E-state index contributed by atoms with van der Waals surface area (Å²) in [6.45, 7) is 0. The Kier molecular flexibility index (Phi) is 0.858. The number of nitrogens with zero attached hydrogens (tertiary/aromatic N) is 2. The number of nitrogens with one attached hydrogen (secondary N) is 2. The van der Waals surface area contributed by atoms with Crippen LogP contribution in [0.5, 0.6) is 0 Å². The highest BCUT2D eigenvalue weighted by atomic mass is 16.1. The second kappa shape index (κ2) is 1.66. The molecule has 5 heteroatoms. The van der Waals surface area contributed by atoms with Crippen molar-refractivity contribution in [3.8, 4) is 0 Å². The van der Waals surface area contributed by atoms with Crippen molar-refractivity contribution in [2.45, 2.75) is 0 Å². The fraction of sp³-hybridized carbons (Fsp3) is 0. The van der Waals surface area contributed by atoms with Gasteiger partial charge in [-0.1, -0.05) is 0 Å². The monoisotopic (exact) mass is 136 g/mol. The number of fused-ring (bicyclic) bond motifs is 1. The molecule has 0 spiro atoms. The lowest BCUT2D eigenvalue weighted by Crippen LogP contribution is -2.04. The Morgan fingerprint density at radius 1 is 1.40 bits per heavy atom. The van der Waals surface area contributed by atoms with E-state index in [2.05, 4.69) is 20.4 Å². The average molecular weight is 136 g/mol. The smallest absolute Gasteiger partial charge is 0.266 e. The minimum Gasteiger partial charge on any atom is -0.276 e. The van der Waals surface area contributed by atoms with E-state index in [0.717, 1.165) is 0 Å². The summed E-state index contributed by atoms with van der Waals surface area (Å²) < 4.78 is 0. The van der Waals surface area contributed by atoms with E-state index in [9.17, 15) is 4.79 Å². The van der Waals surface area contributed by atoms with E-state index in [0.29, 0.717) is 11.0 Å². The lowest BCUT2D eigenvalue weighted by atomic mass is 10.4. The van der Waals surface area contributed by atoms with E-state index in [-0.39, 0.29) is 5.56 Å². The topological polar surface area (TPSA) is 74.4 Å². The van der Waals surface area contributed by atoms with E-state index < -0.39 is 0 Å². The molecule has 50 valence electrons. The van der Waals surface area contributed by atoms with Gasteiger partial charge in [-0.15, -0.1) is 0 Å². The minimum atomic E-state index is -0.225. The lowest BCUT2D eigenvalue weighted by molar-refractivity contribution is 1.03. The summed E-state index contributed by atoms with van der Waals surface area (Å²) in [6.07, 6.45) is 1.55. The first-order valence-electron chi connectivity index (χ1n) is 2.75. The molecule has 0 aliphatic heterocycles. The zero-order chi connectivity index (χ0) is 6.97. The Balaban J connectivity index is 2.99. The molecule has 0 aromatic carbocycles. The van der Waals surface area contributed by atoms with Gasteiger partial charge in [0.05, 0.1) is 11.7 Å². The van der Waals surface area contributed by atoms with Crippen LogP contribution in [0.4, 0.5) is 0 Å². The maximum absolute atomic E-state index is 10.6. The third-order valence-corrected chi connectivity index (χ3v) is 1.21. The molecule has 0 radical (unpaired) electrons.